The second kappa shape index (κ2) is 4.03. The number of hydrogen-bond acceptors (Lipinski definition) is 2. The molecule has 0 aliphatic rings. The van der Waals surface area contributed by atoms with Crippen LogP contribution in [0.3, 0.4) is 0 Å². The lowest BCUT2D eigenvalue weighted by atomic mass is 10.1. The molecule has 3 heteroatoms. The summed E-state index contributed by atoms with van der Waals surface area (Å²) in [5.41, 5.74) is 5.15. The van der Waals surface area contributed by atoms with Crippen molar-refractivity contribution in [3.63, 3.8) is 0 Å². The average Bonchev–Trinajstić information content (AvgIpc) is 2.01. The van der Waals surface area contributed by atoms with Gasteiger partial charge in [-0.1, -0.05) is 22.0 Å². The van der Waals surface area contributed by atoms with E-state index >= 15 is 0 Å². The second-order valence-electron chi connectivity index (χ2n) is 2.95. The molecule has 0 bridgehead atoms. The summed E-state index contributed by atoms with van der Waals surface area (Å²) in [7, 11) is 0. The van der Waals surface area contributed by atoms with Crippen LogP contribution in [0, 0.1) is 6.92 Å². The molecule has 1 aromatic rings. The number of aryl methyl sites for hydroxylation is 1. The molecule has 1 atom stereocenters. The van der Waals surface area contributed by atoms with Crippen LogP contribution in [0.25, 0.3) is 0 Å². The molecule has 1 aromatic carbocycles. The Morgan fingerprint density at radius 1 is 1.42 bits per heavy atom. The largest absolute Gasteiger partial charge is 0.271 e. The van der Waals surface area contributed by atoms with E-state index in [4.69, 9.17) is 5.84 Å². The lowest BCUT2D eigenvalue weighted by Crippen LogP contribution is -2.25. The van der Waals surface area contributed by atoms with Crippen molar-refractivity contribution in [2.24, 2.45) is 5.84 Å². The van der Waals surface area contributed by atoms with E-state index in [1.54, 1.807) is 0 Å². The summed E-state index contributed by atoms with van der Waals surface area (Å²) in [6.45, 7) is 4.10. The van der Waals surface area contributed by atoms with Gasteiger partial charge in [0, 0.05) is 10.5 Å². The average molecular weight is 229 g/mol. The Morgan fingerprint density at radius 2 is 2.08 bits per heavy atom. The Hall–Kier alpha value is -0.380. The first-order chi connectivity index (χ1) is 5.63. The second-order valence-corrected chi connectivity index (χ2v) is 3.87. The Bertz CT molecular complexity index is 253. The molecule has 0 aliphatic carbocycles. The van der Waals surface area contributed by atoms with Gasteiger partial charge in [-0.05, 0) is 37.1 Å². The maximum absolute atomic E-state index is 5.34. The molecule has 12 heavy (non-hydrogen) atoms. The molecule has 3 N–H and O–H groups in total. The van der Waals surface area contributed by atoms with Crippen LogP contribution in [-0.2, 0) is 0 Å². The molecule has 66 valence electrons. The minimum Gasteiger partial charge on any atom is -0.271 e. The number of rotatable bonds is 2. The van der Waals surface area contributed by atoms with Crippen LogP contribution in [0.5, 0.6) is 0 Å². The Morgan fingerprint density at radius 3 is 2.58 bits per heavy atom. The van der Waals surface area contributed by atoms with Crippen molar-refractivity contribution < 1.29 is 0 Å². The molecule has 0 saturated heterocycles. The van der Waals surface area contributed by atoms with Crippen molar-refractivity contribution in [2.75, 3.05) is 0 Å². The molecule has 1 unspecified atom stereocenters. The third kappa shape index (κ3) is 2.30. The van der Waals surface area contributed by atoms with Gasteiger partial charge in [0.15, 0.2) is 0 Å². The zero-order chi connectivity index (χ0) is 9.14. The number of benzene rings is 1. The summed E-state index contributed by atoms with van der Waals surface area (Å²) in [6.07, 6.45) is 0. The summed E-state index contributed by atoms with van der Waals surface area (Å²) >= 11 is 3.44. The highest BCUT2D eigenvalue weighted by Gasteiger charge is 2.03. The van der Waals surface area contributed by atoms with E-state index in [1.165, 1.54) is 11.1 Å². The van der Waals surface area contributed by atoms with Crippen molar-refractivity contribution in [2.45, 2.75) is 19.9 Å². The van der Waals surface area contributed by atoms with Gasteiger partial charge < -0.3 is 0 Å². The minimum absolute atomic E-state index is 0.196. The fourth-order valence-corrected chi connectivity index (χ4v) is 1.74. The zero-order valence-electron chi connectivity index (χ0n) is 7.26. The number of nitrogens with two attached hydrogens (primary N) is 1. The zero-order valence-corrected chi connectivity index (χ0v) is 8.85. The third-order valence-corrected chi connectivity index (χ3v) is 2.27. The number of hydrazine groups is 1. The number of hydrogen-bond donors (Lipinski definition) is 2. The maximum Gasteiger partial charge on any atom is 0.0432 e. The van der Waals surface area contributed by atoms with E-state index in [0.717, 1.165) is 4.47 Å². The standard InChI is InChI=1S/C9H13BrN2/c1-6-3-8(7(2)12-11)5-9(10)4-6/h3-5,7,12H,11H2,1-2H3. The molecule has 0 saturated carbocycles. The molecule has 0 radical (unpaired) electrons. The summed E-state index contributed by atoms with van der Waals surface area (Å²) in [5.74, 6) is 5.34. The highest BCUT2D eigenvalue weighted by molar-refractivity contribution is 9.10. The van der Waals surface area contributed by atoms with Gasteiger partial charge in [-0.25, -0.2) is 0 Å². The van der Waals surface area contributed by atoms with E-state index in [-0.39, 0.29) is 6.04 Å². The molecule has 0 aromatic heterocycles. The molecule has 0 aliphatic heterocycles. The van der Waals surface area contributed by atoms with Gasteiger partial charge in [0.2, 0.25) is 0 Å². The predicted octanol–water partition coefficient (Wildman–Crippen LogP) is 2.28. The lowest BCUT2D eigenvalue weighted by Gasteiger charge is -2.11. The Labute approximate surface area is 81.3 Å². The number of nitrogens with one attached hydrogen (secondary N) is 1. The van der Waals surface area contributed by atoms with E-state index in [0.29, 0.717) is 0 Å². The van der Waals surface area contributed by atoms with Crippen molar-refractivity contribution in [3.8, 4) is 0 Å². The SMILES string of the molecule is Cc1cc(Br)cc(C(C)NN)c1. The van der Waals surface area contributed by atoms with E-state index in [9.17, 15) is 0 Å². The highest BCUT2D eigenvalue weighted by Crippen LogP contribution is 2.19. The number of halogens is 1. The van der Waals surface area contributed by atoms with Gasteiger partial charge >= 0.3 is 0 Å². The minimum atomic E-state index is 0.196. The van der Waals surface area contributed by atoms with Crippen LogP contribution >= 0.6 is 15.9 Å². The van der Waals surface area contributed by atoms with Crippen LogP contribution in [0.4, 0.5) is 0 Å². The Kier molecular flexibility index (Phi) is 3.26. The van der Waals surface area contributed by atoms with Crippen LogP contribution in [0.1, 0.15) is 24.1 Å². The van der Waals surface area contributed by atoms with Gasteiger partial charge in [0.1, 0.15) is 0 Å². The molecular weight excluding hydrogens is 216 g/mol. The van der Waals surface area contributed by atoms with E-state index < -0.39 is 0 Å². The highest BCUT2D eigenvalue weighted by atomic mass is 79.9. The van der Waals surface area contributed by atoms with Gasteiger partial charge in [-0.3, -0.25) is 11.3 Å². The predicted molar refractivity (Wildman–Crippen MR) is 54.6 cm³/mol. The molecule has 1 rings (SSSR count). The van der Waals surface area contributed by atoms with Crippen molar-refractivity contribution >= 4 is 15.9 Å². The quantitative estimate of drug-likeness (QED) is 0.603. The third-order valence-electron chi connectivity index (χ3n) is 1.81. The summed E-state index contributed by atoms with van der Waals surface area (Å²) < 4.78 is 1.10. The topological polar surface area (TPSA) is 38.0 Å². The summed E-state index contributed by atoms with van der Waals surface area (Å²) in [6, 6.07) is 6.46. The smallest absolute Gasteiger partial charge is 0.0432 e. The van der Waals surface area contributed by atoms with Crippen LogP contribution in [0.2, 0.25) is 0 Å². The first-order valence-electron chi connectivity index (χ1n) is 3.86. The van der Waals surface area contributed by atoms with Gasteiger partial charge in [0.25, 0.3) is 0 Å². The van der Waals surface area contributed by atoms with Gasteiger partial charge in [-0.2, -0.15) is 0 Å². The van der Waals surface area contributed by atoms with Gasteiger partial charge in [-0.15, -0.1) is 0 Å². The molecule has 0 amide bonds. The Balaban J connectivity index is 3.00. The first kappa shape index (κ1) is 9.71. The molecule has 0 spiro atoms. The maximum atomic E-state index is 5.34. The summed E-state index contributed by atoms with van der Waals surface area (Å²) in [5, 5.41) is 0. The fourth-order valence-electron chi connectivity index (χ4n) is 1.11. The lowest BCUT2D eigenvalue weighted by molar-refractivity contribution is 0.602. The molecule has 0 heterocycles. The molecule has 2 nitrogen and oxygen atoms in total. The van der Waals surface area contributed by atoms with Crippen molar-refractivity contribution in [3.05, 3.63) is 33.8 Å². The molecular formula is C9H13BrN2. The van der Waals surface area contributed by atoms with Gasteiger partial charge in [0.05, 0.1) is 0 Å². The van der Waals surface area contributed by atoms with Crippen LogP contribution in [-0.4, -0.2) is 0 Å². The summed E-state index contributed by atoms with van der Waals surface area (Å²) in [4.78, 5) is 0. The van der Waals surface area contributed by atoms with E-state index in [1.807, 2.05) is 6.92 Å². The van der Waals surface area contributed by atoms with Crippen molar-refractivity contribution in [1.29, 1.82) is 0 Å². The monoisotopic (exact) mass is 228 g/mol. The van der Waals surface area contributed by atoms with E-state index in [2.05, 4.69) is 46.5 Å². The van der Waals surface area contributed by atoms with Crippen molar-refractivity contribution in [1.82, 2.24) is 5.43 Å². The van der Waals surface area contributed by atoms with Crippen LogP contribution < -0.4 is 11.3 Å². The fraction of sp³-hybridized carbons (Fsp3) is 0.333. The first-order valence-corrected chi connectivity index (χ1v) is 4.66. The normalized spacial score (nSPS) is 13.0. The van der Waals surface area contributed by atoms with Crippen LogP contribution in [0.15, 0.2) is 22.7 Å². The molecule has 0 fully saturated rings.